The maximum atomic E-state index is 12.3. The van der Waals surface area contributed by atoms with E-state index in [0.717, 1.165) is 4.31 Å². The minimum Gasteiger partial charge on any atom is -0.495 e. The SMILES string of the molecule is COc1ccccc1N(C)S(=O)(=O)c1ccn[nH]1. The zero-order valence-electron chi connectivity index (χ0n) is 9.99. The van der Waals surface area contributed by atoms with Crippen LogP contribution in [0.1, 0.15) is 0 Å². The number of hydrogen-bond acceptors (Lipinski definition) is 4. The monoisotopic (exact) mass is 267 g/mol. The lowest BCUT2D eigenvalue weighted by atomic mass is 10.3. The fourth-order valence-electron chi connectivity index (χ4n) is 1.55. The number of hydrogen-bond donors (Lipinski definition) is 1. The highest BCUT2D eigenvalue weighted by Gasteiger charge is 2.24. The van der Waals surface area contributed by atoms with Gasteiger partial charge in [0, 0.05) is 7.05 Å². The molecule has 0 spiro atoms. The van der Waals surface area contributed by atoms with E-state index in [4.69, 9.17) is 4.74 Å². The summed E-state index contributed by atoms with van der Waals surface area (Å²) in [5.74, 6) is 0.489. The van der Waals surface area contributed by atoms with Gasteiger partial charge in [-0.15, -0.1) is 0 Å². The number of nitrogens with zero attached hydrogens (tertiary/aromatic N) is 2. The summed E-state index contributed by atoms with van der Waals surface area (Å²) in [5.41, 5.74) is 0.467. The molecule has 1 N–H and O–H groups in total. The van der Waals surface area contributed by atoms with Crippen molar-refractivity contribution < 1.29 is 13.2 Å². The highest BCUT2D eigenvalue weighted by atomic mass is 32.2. The number of nitrogens with one attached hydrogen (secondary N) is 1. The van der Waals surface area contributed by atoms with Crippen LogP contribution in [0.2, 0.25) is 0 Å². The molecule has 96 valence electrons. The Kier molecular flexibility index (Phi) is 3.24. The predicted octanol–water partition coefficient (Wildman–Crippen LogP) is 1.24. The largest absolute Gasteiger partial charge is 0.495 e. The van der Waals surface area contributed by atoms with Crippen LogP contribution in [-0.2, 0) is 10.0 Å². The summed E-state index contributed by atoms with van der Waals surface area (Å²) in [4.78, 5) is 0. The van der Waals surface area contributed by atoms with Crippen molar-refractivity contribution in [3.05, 3.63) is 36.5 Å². The summed E-state index contributed by atoms with van der Waals surface area (Å²) in [7, 11) is -0.684. The molecule has 0 atom stereocenters. The van der Waals surface area contributed by atoms with Crippen molar-refractivity contribution in [3.63, 3.8) is 0 Å². The Morgan fingerprint density at radius 1 is 1.28 bits per heavy atom. The molecule has 2 rings (SSSR count). The molecule has 18 heavy (non-hydrogen) atoms. The molecule has 0 aliphatic rings. The van der Waals surface area contributed by atoms with Crippen molar-refractivity contribution in [1.29, 1.82) is 0 Å². The molecule has 0 saturated carbocycles. The smallest absolute Gasteiger partial charge is 0.281 e. The van der Waals surface area contributed by atoms with Gasteiger partial charge in [-0.25, -0.2) is 0 Å². The zero-order chi connectivity index (χ0) is 13.2. The molecule has 1 heterocycles. The molecule has 1 aromatic heterocycles. The second-order valence-corrected chi connectivity index (χ2v) is 5.50. The van der Waals surface area contributed by atoms with Crippen LogP contribution in [0.15, 0.2) is 41.6 Å². The van der Waals surface area contributed by atoms with E-state index in [-0.39, 0.29) is 5.03 Å². The molecule has 1 aromatic carbocycles. The number of methoxy groups -OCH3 is 1. The molecule has 0 bridgehead atoms. The van der Waals surface area contributed by atoms with E-state index in [0.29, 0.717) is 11.4 Å². The van der Waals surface area contributed by atoms with Crippen LogP contribution in [0.25, 0.3) is 0 Å². The first-order chi connectivity index (χ1) is 8.57. The quantitative estimate of drug-likeness (QED) is 0.904. The van der Waals surface area contributed by atoms with E-state index in [1.807, 2.05) is 0 Å². The van der Waals surface area contributed by atoms with Gasteiger partial charge >= 0.3 is 0 Å². The van der Waals surface area contributed by atoms with Gasteiger partial charge in [-0.1, -0.05) is 12.1 Å². The lowest BCUT2D eigenvalue weighted by Crippen LogP contribution is -2.27. The molecule has 0 aliphatic carbocycles. The van der Waals surface area contributed by atoms with Crippen LogP contribution in [0.5, 0.6) is 5.75 Å². The average Bonchev–Trinajstić information content (AvgIpc) is 2.92. The van der Waals surface area contributed by atoms with Crippen molar-refractivity contribution >= 4 is 15.7 Å². The summed E-state index contributed by atoms with van der Waals surface area (Å²) >= 11 is 0. The Hall–Kier alpha value is -2.02. The van der Waals surface area contributed by atoms with Gasteiger partial charge in [0.25, 0.3) is 10.0 Å². The Morgan fingerprint density at radius 3 is 2.61 bits per heavy atom. The van der Waals surface area contributed by atoms with Crippen LogP contribution in [0.3, 0.4) is 0 Å². The summed E-state index contributed by atoms with van der Waals surface area (Å²) in [6, 6.07) is 8.30. The number of benzene rings is 1. The minimum atomic E-state index is -3.65. The lowest BCUT2D eigenvalue weighted by Gasteiger charge is -2.20. The van der Waals surface area contributed by atoms with Crippen molar-refractivity contribution in [2.24, 2.45) is 0 Å². The summed E-state index contributed by atoms with van der Waals surface area (Å²) in [5, 5.41) is 6.13. The first kappa shape index (κ1) is 12.4. The molecule has 6 nitrogen and oxygen atoms in total. The molecular weight excluding hydrogens is 254 g/mol. The van der Waals surface area contributed by atoms with Gasteiger partial charge in [-0.2, -0.15) is 13.5 Å². The van der Waals surface area contributed by atoms with Gasteiger partial charge in [0.1, 0.15) is 5.75 Å². The maximum Gasteiger partial charge on any atom is 0.281 e. The van der Waals surface area contributed by atoms with Gasteiger partial charge in [-0.3, -0.25) is 9.40 Å². The number of anilines is 1. The van der Waals surface area contributed by atoms with E-state index in [1.165, 1.54) is 26.4 Å². The number of para-hydroxylation sites is 2. The van der Waals surface area contributed by atoms with E-state index < -0.39 is 10.0 Å². The van der Waals surface area contributed by atoms with Gasteiger partial charge in [-0.05, 0) is 18.2 Å². The van der Waals surface area contributed by atoms with Gasteiger partial charge in [0.15, 0.2) is 5.03 Å². The third-order valence-electron chi connectivity index (χ3n) is 2.54. The van der Waals surface area contributed by atoms with E-state index in [1.54, 1.807) is 24.3 Å². The first-order valence-corrected chi connectivity index (χ1v) is 6.62. The van der Waals surface area contributed by atoms with Crippen LogP contribution in [-0.4, -0.2) is 32.8 Å². The first-order valence-electron chi connectivity index (χ1n) is 5.18. The number of H-pyrrole nitrogens is 1. The van der Waals surface area contributed by atoms with Crippen LogP contribution < -0.4 is 9.04 Å². The van der Waals surface area contributed by atoms with Crippen molar-refractivity contribution in [2.75, 3.05) is 18.5 Å². The van der Waals surface area contributed by atoms with Crippen LogP contribution >= 0.6 is 0 Å². The maximum absolute atomic E-state index is 12.3. The standard InChI is InChI=1S/C11H13N3O3S/c1-14(9-5-3-4-6-10(9)17-2)18(15,16)11-7-8-12-13-11/h3-8H,1-2H3,(H,12,13). The number of sulfonamides is 1. The minimum absolute atomic E-state index is 0.0379. The van der Waals surface area contributed by atoms with Crippen molar-refractivity contribution in [2.45, 2.75) is 5.03 Å². The average molecular weight is 267 g/mol. The van der Waals surface area contributed by atoms with Gasteiger partial charge in [0.2, 0.25) is 0 Å². The van der Waals surface area contributed by atoms with E-state index >= 15 is 0 Å². The van der Waals surface area contributed by atoms with E-state index in [2.05, 4.69) is 10.2 Å². The molecule has 0 unspecified atom stereocenters. The molecule has 0 amide bonds. The van der Waals surface area contributed by atoms with Gasteiger partial charge < -0.3 is 4.74 Å². The van der Waals surface area contributed by atoms with Crippen molar-refractivity contribution in [3.8, 4) is 5.75 Å². The van der Waals surface area contributed by atoms with Crippen molar-refractivity contribution in [1.82, 2.24) is 10.2 Å². The Labute approximate surface area is 105 Å². The normalized spacial score (nSPS) is 11.2. The summed E-state index contributed by atoms with van der Waals surface area (Å²) in [6.07, 6.45) is 1.39. The second-order valence-electron chi connectivity index (χ2n) is 3.57. The van der Waals surface area contributed by atoms with E-state index in [9.17, 15) is 8.42 Å². The molecule has 0 radical (unpaired) electrons. The Bertz CT molecular complexity index is 623. The third-order valence-corrected chi connectivity index (χ3v) is 4.24. The number of aromatic nitrogens is 2. The number of ether oxygens (including phenoxy) is 1. The number of aromatic amines is 1. The topological polar surface area (TPSA) is 75.3 Å². The second kappa shape index (κ2) is 4.69. The molecule has 0 fully saturated rings. The fraction of sp³-hybridized carbons (Fsp3) is 0.182. The highest BCUT2D eigenvalue weighted by Crippen LogP contribution is 2.30. The molecule has 2 aromatic rings. The summed E-state index contributed by atoms with van der Waals surface area (Å²) in [6.45, 7) is 0. The molecule has 7 heteroatoms. The van der Waals surface area contributed by atoms with Crippen LogP contribution in [0, 0.1) is 0 Å². The molecule has 0 saturated heterocycles. The lowest BCUT2D eigenvalue weighted by molar-refractivity contribution is 0.416. The summed E-state index contributed by atoms with van der Waals surface area (Å²) < 4.78 is 30.8. The number of rotatable bonds is 4. The predicted molar refractivity (Wildman–Crippen MR) is 67.2 cm³/mol. The van der Waals surface area contributed by atoms with Crippen LogP contribution in [0.4, 0.5) is 5.69 Å². The third kappa shape index (κ3) is 2.04. The highest BCUT2D eigenvalue weighted by molar-refractivity contribution is 7.92. The van der Waals surface area contributed by atoms with Gasteiger partial charge in [0.05, 0.1) is 19.0 Å². The Morgan fingerprint density at radius 2 is 2.00 bits per heavy atom. The Balaban J connectivity index is 2.46. The molecule has 0 aliphatic heterocycles. The zero-order valence-corrected chi connectivity index (χ0v) is 10.8. The fourth-order valence-corrected chi connectivity index (χ4v) is 2.66. The molecular formula is C11H13N3O3S.